The highest BCUT2D eigenvalue weighted by Gasteiger charge is 2.24. The van der Waals surface area contributed by atoms with Crippen molar-refractivity contribution in [2.24, 2.45) is 0 Å². The van der Waals surface area contributed by atoms with Gasteiger partial charge in [-0.25, -0.2) is 0 Å². The standard InChI is InChI=1S/C15H21BrN2O/c1-11-7-12(9-13(16)8-11)15(19)18(3)10-14-5-4-6-17(14)2/h7-9,14H,4-6,10H2,1-3H3. The topological polar surface area (TPSA) is 23.6 Å². The second kappa shape index (κ2) is 6.06. The molecule has 0 aromatic heterocycles. The lowest BCUT2D eigenvalue weighted by molar-refractivity contribution is 0.0761. The van der Waals surface area contributed by atoms with Gasteiger partial charge in [-0.1, -0.05) is 15.9 Å². The Morgan fingerprint density at radius 2 is 2.21 bits per heavy atom. The first kappa shape index (κ1) is 14.5. The van der Waals surface area contributed by atoms with Gasteiger partial charge in [0.25, 0.3) is 5.91 Å². The Labute approximate surface area is 123 Å². The van der Waals surface area contributed by atoms with Crippen molar-refractivity contribution < 1.29 is 4.79 Å². The van der Waals surface area contributed by atoms with E-state index in [1.54, 1.807) is 0 Å². The van der Waals surface area contributed by atoms with E-state index in [9.17, 15) is 4.79 Å². The molecule has 19 heavy (non-hydrogen) atoms. The first-order chi connectivity index (χ1) is 8.97. The maximum absolute atomic E-state index is 12.4. The molecule has 1 unspecified atom stereocenters. The van der Waals surface area contributed by atoms with Crippen molar-refractivity contribution in [3.8, 4) is 0 Å². The van der Waals surface area contributed by atoms with Crippen molar-refractivity contribution in [2.75, 3.05) is 27.2 Å². The molecule has 1 saturated heterocycles. The van der Waals surface area contributed by atoms with Gasteiger partial charge < -0.3 is 9.80 Å². The zero-order valence-corrected chi connectivity index (χ0v) is 13.4. The van der Waals surface area contributed by atoms with E-state index in [2.05, 4.69) is 27.9 Å². The summed E-state index contributed by atoms with van der Waals surface area (Å²) in [7, 11) is 4.03. The summed E-state index contributed by atoms with van der Waals surface area (Å²) < 4.78 is 0.960. The molecule has 4 heteroatoms. The average molecular weight is 325 g/mol. The second-order valence-corrected chi connectivity index (χ2v) is 6.40. The first-order valence-corrected chi connectivity index (χ1v) is 7.49. The van der Waals surface area contributed by atoms with E-state index in [1.807, 2.05) is 37.1 Å². The third-order valence-electron chi connectivity index (χ3n) is 3.79. The zero-order valence-electron chi connectivity index (χ0n) is 11.8. The molecule has 1 atom stereocenters. The summed E-state index contributed by atoms with van der Waals surface area (Å²) in [5.74, 6) is 0.102. The Balaban J connectivity index is 2.06. The molecule has 0 radical (unpaired) electrons. The number of aryl methyl sites for hydroxylation is 1. The minimum atomic E-state index is 0.102. The number of amides is 1. The third-order valence-corrected chi connectivity index (χ3v) is 4.25. The number of benzene rings is 1. The van der Waals surface area contributed by atoms with Gasteiger partial charge in [0.2, 0.25) is 0 Å². The summed E-state index contributed by atoms with van der Waals surface area (Å²) in [5.41, 5.74) is 1.86. The maximum Gasteiger partial charge on any atom is 0.253 e. The van der Waals surface area contributed by atoms with Crippen LogP contribution in [0.5, 0.6) is 0 Å². The SMILES string of the molecule is Cc1cc(Br)cc(C(=O)N(C)CC2CCCN2C)c1. The number of hydrogen-bond acceptors (Lipinski definition) is 2. The predicted octanol–water partition coefficient (Wildman–Crippen LogP) is 2.92. The summed E-state index contributed by atoms with van der Waals surface area (Å²) in [4.78, 5) is 16.6. The Bertz CT molecular complexity index is 455. The molecule has 1 aliphatic rings. The van der Waals surface area contributed by atoms with Crippen LogP contribution in [0.3, 0.4) is 0 Å². The fourth-order valence-corrected chi connectivity index (χ4v) is 3.30. The Morgan fingerprint density at radius 1 is 1.47 bits per heavy atom. The van der Waals surface area contributed by atoms with E-state index in [0.29, 0.717) is 6.04 Å². The van der Waals surface area contributed by atoms with Crippen LogP contribution in [0.1, 0.15) is 28.8 Å². The number of halogens is 1. The lowest BCUT2D eigenvalue weighted by atomic mass is 10.1. The van der Waals surface area contributed by atoms with Crippen LogP contribution in [0.25, 0.3) is 0 Å². The van der Waals surface area contributed by atoms with E-state index in [0.717, 1.165) is 28.7 Å². The summed E-state index contributed by atoms with van der Waals surface area (Å²) in [5, 5.41) is 0. The fourth-order valence-electron chi connectivity index (χ4n) is 2.69. The highest BCUT2D eigenvalue weighted by atomic mass is 79.9. The number of hydrogen-bond donors (Lipinski definition) is 0. The van der Waals surface area contributed by atoms with Gasteiger partial charge in [0.15, 0.2) is 0 Å². The molecule has 0 spiro atoms. The van der Waals surface area contributed by atoms with Gasteiger partial charge in [-0.3, -0.25) is 4.79 Å². The molecule has 0 aliphatic carbocycles. The molecule has 1 amide bonds. The molecule has 0 bridgehead atoms. The molecule has 1 heterocycles. The van der Waals surface area contributed by atoms with Crippen molar-refractivity contribution in [1.82, 2.24) is 9.80 Å². The molecule has 2 rings (SSSR count). The Hall–Kier alpha value is -0.870. The molecule has 0 saturated carbocycles. The second-order valence-electron chi connectivity index (χ2n) is 5.48. The molecular weight excluding hydrogens is 304 g/mol. The van der Waals surface area contributed by atoms with Crippen molar-refractivity contribution in [3.63, 3.8) is 0 Å². The summed E-state index contributed by atoms with van der Waals surface area (Å²) >= 11 is 3.45. The number of likely N-dealkylation sites (N-methyl/N-ethyl adjacent to an activating group) is 2. The van der Waals surface area contributed by atoms with Crippen LogP contribution in [0.4, 0.5) is 0 Å². The van der Waals surface area contributed by atoms with E-state index in [-0.39, 0.29) is 5.91 Å². The molecule has 1 aromatic carbocycles. The lowest BCUT2D eigenvalue weighted by Crippen LogP contribution is -2.39. The summed E-state index contributed by atoms with van der Waals surface area (Å²) in [6.07, 6.45) is 2.42. The van der Waals surface area contributed by atoms with Gasteiger partial charge >= 0.3 is 0 Å². The average Bonchev–Trinajstić information content (AvgIpc) is 2.72. The fraction of sp³-hybridized carbons (Fsp3) is 0.533. The van der Waals surface area contributed by atoms with E-state index in [4.69, 9.17) is 0 Å². The monoisotopic (exact) mass is 324 g/mol. The first-order valence-electron chi connectivity index (χ1n) is 6.70. The number of likely N-dealkylation sites (tertiary alicyclic amines) is 1. The minimum absolute atomic E-state index is 0.102. The molecule has 1 aliphatic heterocycles. The minimum Gasteiger partial charge on any atom is -0.340 e. The van der Waals surface area contributed by atoms with Crippen LogP contribution < -0.4 is 0 Å². The molecule has 3 nitrogen and oxygen atoms in total. The van der Waals surface area contributed by atoms with Crippen LogP contribution in [0, 0.1) is 6.92 Å². The Kier molecular flexibility index (Phi) is 4.63. The van der Waals surface area contributed by atoms with Crippen molar-refractivity contribution >= 4 is 21.8 Å². The molecule has 104 valence electrons. The van der Waals surface area contributed by atoms with E-state index < -0.39 is 0 Å². The Morgan fingerprint density at radius 3 is 2.79 bits per heavy atom. The van der Waals surface area contributed by atoms with Crippen molar-refractivity contribution in [1.29, 1.82) is 0 Å². The quantitative estimate of drug-likeness (QED) is 0.853. The molecule has 1 fully saturated rings. The van der Waals surface area contributed by atoms with Crippen LogP contribution in [-0.2, 0) is 0 Å². The normalized spacial score (nSPS) is 19.7. The van der Waals surface area contributed by atoms with E-state index in [1.165, 1.54) is 12.8 Å². The molecule has 0 N–H and O–H groups in total. The highest BCUT2D eigenvalue weighted by Crippen LogP contribution is 2.19. The van der Waals surface area contributed by atoms with Gasteiger partial charge in [0.1, 0.15) is 0 Å². The van der Waals surface area contributed by atoms with Crippen molar-refractivity contribution in [3.05, 3.63) is 33.8 Å². The van der Waals surface area contributed by atoms with Gasteiger partial charge in [0, 0.05) is 29.7 Å². The number of rotatable bonds is 3. The van der Waals surface area contributed by atoms with Crippen LogP contribution in [0.2, 0.25) is 0 Å². The van der Waals surface area contributed by atoms with Crippen LogP contribution in [0.15, 0.2) is 22.7 Å². The summed E-state index contributed by atoms with van der Waals surface area (Å²) in [6, 6.07) is 6.36. The van der Waals surface area contributed by atoms with Gasteiger partial charge in [-0.15, -0.1) is 0 Å². The molecule has 1 aromatic rings. The van der Waals surface area contributed by atoms with Gasteiger partial charge in [-0.05, 0) is 57.1 Å². The zero-order chi connectivity index (χ0) is 14.0. The van der Waals surface area contributed by atoms with Crippen LogP contribution in [-0.4, -0.2) is 48.9 Å². The lowest BCUT2D eigenvalue weighted by Gasteiger charge is -2.26. The third kappa shape index (κ3) is 3.57. The maximum atomic E-state index is 12.4. The van der Waals surface area contributed by atoms with Gasteiger partial charge in [0.05, 0.1) is 0 Å². The number of carbonyl (C=O) groups is 1. The summed E-state index contributed by atoms with van der Waals surface area (Å²) in [6.45, 7) is 3.95. The van der Waals surface area contributed by atoms with Gasteiger partial charge in [-0.2, -0.15) is 0 Å². The van der Waals surface area contributed by atoms with Crippen LogP contribution >= 0.6 is 15.9 Å². The largest absolute Gasteiger partial charge is 0.340 e. The van der Waals surface area contributed by atoms with E-state index >= 15 is 0 Å². The highest BCUT2D eigenvalue weighted by molar-refractivity contribution is 9.10. The van der Waals surface area contributed by atoms with Crippen molar-refractivity contribution in [2.45, 2.75) is 25.8 Å². The number of carbonyl (C=O) groups excluding carboxylic acids is 1. The molecular formula is C15H21BrN2O. The smallest absolute Gasteiger partial charge is 0.253 e. The predicted molar refractivity (Wildman–Crippen MR) is 81.5 cm³/mol. The number of nitrogens with zero attached hydrogens (tertiary/aromatic N) is 2.